The first kappa shape index (κ1) is 35.3. The van der Waals surface area contributed by atoms with Crippen molar-refractivity contribution in [1.82, 2.24) is 0 Å². The van der Waals surface area contributed by atoms with Gasteiger partial charge < -0.3 is 13.7 Å². The molecule has 0 saturated carbocycles. The summed E-state index contributed by atoms with van der Waals surface area (Å²) in [5, 5.41) is 2.49. The van der Waals surface area contributed by atoms with E-state index in [2.05, 4.69) is 13.6 Å². The van der Waals surface area contributed by atoms with Crippen LogP contribution >= 0.6 is 0 Å². The van der Waals surface area contributed by atoms with E-state index in [1.54, 1.807) is 24.3 Å². The van der Waals surface area contributed by atoms with Gasteiger partial charge in [0.2, 0.25) is 0 Å². The Labute approximate surface area is 263 Å². The fourth-order valence-electron chi connectivity index (χ4n) is 4.79. The van der Waals surface area contributed by atoms with Crippen LogP contribution in [0.25, 0.3) is 11.1 Å². The van der Waals surface area contributed by atoms with Gasteiger partial charge in [0, 0.05) is 30.9 Å². The molecular weight excluding hydrogens is 661 g/mol. The van der Waals surface area contributed by atoms with Crippen LogP contribution in [0.2, 0.25) is 0 Å². The number of ether oxygens (including phenoxy) is 2. The maximum Gasteiger partial charge on any atom is 0.519 e. The maximum absolute atomic E-state index is 15.2. The molecule has 0 N–H and O–H groups in total. The van der Waals surface area contributed by atoms with Crippen LogP contribution in [0.3, 0.4) is 0 Å². The molecule has 0 saturated heterocycles. The molecule has 1 aliphatic rings. The van der Waals surface area contributed by atoms with Crippen LogP contribution in [0.1, 0.15) is 54.2 Å². The zero-order valence-corrected chi connectivity index (χ0v) is 26.9. The van der Waals surface area contributed by atoms with Gasteiger partial charge in [0.25, 0.3) is 0 Å². The third kappa shape index (κ3) is 6.89. The molecule has 0 aromatic heterocycles. The molecule has 46 heavy (non-hydrogen) atoms. The SMILES string of the molecule is COCc1cc(C(C)(C)C)cc(COC)c1OS(=O)(=O)C(F)(F)S(=O)(=O)O/N=C(/c1ccc2c(c1)Cc1ccccc1-2)C(F)(F)F. The van der Waals surface area contributed by atoms with Gasteiger partial charge >= 0.3 is 31.0 Å². The summed E-state index contributed by atoms with van der Waals surface area (Å²) < 4.78 is 136. The van der Waals surface area contributed by atoms with Crippen LogP contribution in [0.4, 0.5) is 22.0 Å². The van der Waals surface area contributed by atoms with Gasteiger partial charge in [-0.25, -0.2) is 0 Å². The first-order chi connectivity index (χ1) is 21.2. The molecule has 16 heteroatoms. The molecule has 0 atom stereocenters. The summed E-state index contributed by atoms with van der Waals surface area (Å²) in [5.41, 5.74) is 0.0235. The molecule has 0 aliphatic heterocycles. The minimum Gasteiger partial charge on any atom is -0.380 e. The standard InChI is InChI=1S/C30H30F5NO8S2/c1-28(2,3)23-14-21(16-41-4)26(22(15-23)17-42-5)43-45(37,38)30(34,35)46(39,40)44-36-27(29(31,32)33)19-10-11-25-20(13-19)12-18-8-6-7-9-24(18)25/h6-11,13-15H,12,16-17H2,1-5H3/b36-27-. The number of nitrogens with zero attached hydrogens (tertiary/aromatic N) is 1. The number of halogens is 5. The Morgan fingerprint density at radius 2 is 1.35 bits per heavy atom. The first-order valence-electron chi connectivity index (χ1n) is 13.5. The number of alkyl halides is 5. The van der Waals surface area contributed by atoms with Gasteiger partial charge in [-0.05, 0) is 57.9 Å². The second-order valence-corrected chi connectivity index (χ2v) is 14.8. The highest BCUT2D eigenvalue weighted by atomic mass is 32.3. The van der Waals surface area contributed by atoms with Crippen LogP contribution in [0, 0.1) is 0 Å². The van der Waals surface area contributed by atoms with E-state index < -0.39 is 53.4 Å². The van der Waals surface area contributed by atoms with Crippen molar-refractivity contribution in [2.24, 2.45) is 5.16 Å². The van der Waals surface area contributed by atoms with Crippen LogP contribution in [0.15, 0.2) is 59.8 Å². The quantitative estimate of drug-likeness (QED) is 0.0766. The number of rotatable bonds is 11. The molecule has 0 spiro atoms. The molecular formula is C30H30F5NO8S2. The smallest absolute Gasteiger partial charge is 0.380 e. The van der Waals surface area contributed by atoms with E-state index >= 15 is 8.78 Å². The molecule has 3 aromatic carbocycles. The normalized spacial score (nSPS) is 14.2. The predicted octanol–water partition coefficient (Wildman–Crippen LogP) is 6.42. The summed E-state index contributed by atoms with van der Waals surface area (Å²) in [6.45, 7) is 4.78. The molecule has 0 amide bonds. The third-order valence-electron chi connectivity index (χ3n) is 7.05. The average Bonchev–Trinajstić information content (AvgIpc) is 3.31. The summed E-state index contributed by atoms with van der Waals surface area (Å²) in [7, 11) is -10.8. The second-order valence-electron chi connectivity index (χ2n) is 11.4. The van der Waals surface area contributed by atoms with Gasteiger partial charge in [0.15, 0.2) is 11.5 Å². The Bertz CT molecular complexity index is 1860. The van der Waals surface area contributed by atoms with Crippen molar-refractivity contribution >= 4 is 25.9 Å². The van der Waals surface area contributed by atoms with Gasteiger partial charge in [-0.2, -0.15) is 38.8 Å². The molecule has 0 heterocycles. The second kappa shape index (κ2) is 12.5. The van der Waals surface area contributed by atoms with Crippen LogP contribution in [0.5, 0.6) is 5.75 Å². The number of hydrogen-bond acceptors (Lipinski definition) is 9. The van der Waals surface area contributed by atoms with Crippen LogP contribution < -0.4 is 4.18 Å². The van der Waals surface area contributed by atoms with E-state index in [0.717, 1.165) is 23.3 Å². The van der Waals surface area contributed by atoms with Gasteiger partial charge in [0.05, 0.1) is 13.2 Å². The first-order valence-corrected chi connectivity index (χ1v) is 16.3. The van der Waals surface area contributed by atoms with Gasteiger partial charge in [-0.3, -0.25) is 4.28 Å². The minimum absolute atomic E-state index is 0.0456. The number of benzene rings is 3. The van der Waals surface area contributed by atoms with Crippen molar-refractivity contribution in [3.05, 3.63) is 88.0 Å². The Morgan fingerprint density at radius 1 is 0.783 bits per heavy atom. The van der Waals surface area contributed by atoms with E-state index in [0.29, 0.717) is 16.7 Å². The van der Waals surface area contributed by atoms with E-state index in [9.17, 15) is 30.0 Å². The van der Waals surface area contributed by atoms with Crippen molar-refractivity contribution in [3.63, 3.8) is 0 Å². The van der Waals surface area contributed by atoms with Crippen LogP contribution in [-0.2, 0) is 59.0 Å². The zero-order valence-electron chi connectivity index (χ0n) is 25.2. The van der Waals surface area contributed by atoms with E-state index in [-0.39, 0.29) is 30.8 Å². The predicted molar refractivity (Wildman–Crippen MR) is 158 cm³/mol. The van der Waals surface area contributed by atoms with Gasteiger partial charge in [0.1, 0.15) is 0 Å². The van der Waals surface area contributed by atoms with Gasteiger partial charge in [-0.1, -0.05) is 62.3 Å². The highest BCUT2D eigenvalue weighted by molar-refractivity contribution is 8.05. The molecule has 9 nitrogen and oxygen atoms in total. The molecule has 1 aliphatic carbocycles. The molecule has 250 valence electrons. The zero-order chi connectivity index (χ0) is 34.3. The highest BCUT2D eigenvalue weighted by Crippen LogP contribution is 2.40. The monoisotopic (exact) mass is 691 g/mol. The van der Waals surface area contributed by atoms with Gasteiger partial charge in [-0.15, -0.1) is 0 Å². The van der Waals surface area contributed by atoms with Crippen molar-refractivity contribution in [1.29, 1.82) is 0 Å². The fraction of sp³-hybridized carbons (Fsp3) is 0.367. The van der Waals surface area contributed by atoms with E-state index in [1.807, 2.05) is 20.8 Å². The molecule has 0 fully saturated rings. The van der Waals surface area contributed by atoms with Crippen molar-refractivity contribution in [2.45, 2.75) is 56.6 Å². The van der Waals surface area contributed by atoms with Crippen molar-refractivity contribution < 1.29 is 56.7 Å². The Morgan fingerprint density at radius 3 is 1.89 bits per heavy atom. The summed E-state index contributed by atoms with van der Waals surface area (Å²) in [4.78, 5) is 0. The molecule has 0 radical (unpaired) electrons. The van der Waals surface area contributed by atoms with E-state index in [1.165, 1.54) is 32.4 Å². The number of methoxy groups -OCH3 is 2. The maximum atomic E-state index is 15.2. The summed E-state index contributed by atoms with van der Waals surface area (Å²) in [6, 6.07) is 13.3. The lowest BCUT2D eigenvalue weighted by Gasteiger charge is -2.24. The third-order valence-corrected chi connectivity index (χ3v) is 10.1. The lowest BCUT2D eigenvalue weighted by Crippen LogP contribution is -2.41. The average molecular weight is 692 g/mol. The Balaban J connectivity index is 1.70. The van der Waals surface area contributed by atoms with Crippen LogP contribution in [-0.4, -0.2) is 47.5 Å². The Hall–Kier alpha value is -3.60. The van der Waals surface area contributed by atoms with E-state index in [4.69, 9.17) is 9.47 Å². The molecule has 0 unspecified atom stereocenters. The molecule has 0 bridgehead atoms. The lowest BCUT2D eigenvalue weighted by molar-refractivity contribution is -0.0598. The molecule has 4 rings (SSSR count). The largest absolute Gasteiger partial charge is 0.519 e. The topological polar surface area (TPSA) is 118 Å². The van der Waals surface area contributed by atoms with Crippen molar-refractivity contribution in [2.75, 3.05) is 14.2 Å². The number of fused-ring (bicyclic) bond motifs is 3. The Kier molecular flexibility index (Phi) is 9.61. The lowest BCUT2D eigenvalue weighted by atomic mass is 9.85. The van der Waals surface area contributed by atoms with Crippen molar-refractivity contribution in [3.8, 4) is 16.9 Å². The molecule has 3 aromatic rings. The highest BCUT2D eigenvalue weighted by Gasteiger charge is 2.63. The summed E-state index contributed by atoms with van der Waals surface area (Å²) in [6.07, 6.45) is -5.14. The fourth-order valence-corrected chi connectivity index (χ4v) is 6.78. The minimum atomic E-state index is -6.73. The number of oxime groups is 1. The summed E-state index contributed by atoms with van der Waals surface area (Å²) in [5.74, 6) is -0.704. The number of hydrogen-bond donors (Lipinski definition) is 0. The summed E-state index contributed by atoms with van der Waals surface area (Å²) >= 11 is 0.